The first-order chi connectivity index (χ1) is 16.0. The lowest BCUT2D eigenvalue weighted by Gasteiger charge is -2.13. The standard InChI is InChI=1S/C26H25NO5S/c1-4-29-23-16-19(15-21-26(28)32-25(27-21)24-6-5-13-33-24)8-10-22(23)31-12-11-30-20-9-7-17(2)18(3)14-20/h5-10,13-16H,4,11-12H2,1-3H3. The summed E-state index contributed by atoms with van der Waals surface area (Å²) >= 11 is 1.47. The quantitative estimate of drug-likeness (QED) is 0.236. The van der Waals surface area contributed by atoms with Crippen LogP contribution in [0.15, 0.2) is 64.6 Å². The Balaban J connectivity index is 1.42. The van der Waals surface area contributed by atoms with Gasteiger partial charge in [-0.25, -0.2) is 9.79 Å². The van der Waals surface area contributed by atoms with Crippen molar-refractivity contribution >= 4 is 29.3 Å². The van der Waals surface area contributed by atoms with E-state index in [0.717, 1.165) is 16.2 Å². The molecule has 170 valence electrons. The van der Waals surface area contributed by atoms with Gasteiger partial charge >= 0.3 is 5.97 Å². The van der Waals surface area contributed by atoms with E-state index in [1.807, 2.05) is 60.8 Å². The van der Waals surface area contributed by atoms with Crippen molar-refractivity contribution in [3.63, 3.8) is 0 Å². The molecule has 1 aliphatic rings. The Kier molecular flexibility index (Phi) is 7.10. The van der Waals surface area contributed by atoms with Crippen molar-refractivity contribution in [3.05, 3.63) is 81.2 Å². The van der Waals surface area contributed by atoms with Crippen LogP contribution in [0, 0.1) is 13.8 Å². The lowest BCUT2D eigenvalue weighted by Crippen LogP contribution is -2.10. The minimum atomic E-state index is -0.472. The van der Waals surface area contributed by atoms with E-state index in [1.165, 1.54) is 22.5 Å². The lowest BCUT2D eigenvalue weighted by molar-refractivity contribution is -0.129. The van der Waals surface area contributed by atoms with Crippen molar-refractivity contribution < 1.29 is 23.7 Å². The third-order valence-electron chi connectivity index (χ3n) is 5.01. The van der Waals surface area contributed by atoms with E-state index < -0.39 is 5.97 Å². The van der Waals surface area contributed by atoms with Crippen molar-refractivity contribution in [3.8, 4) is 17.2 Å². The van der Waals surface area contributed by atoms with Crippen LogP contribution in [0.4, 0.5) is 0 Å². The maximum Gasteiger partial charge on any atom is 0.363 e. The van der Waals surface area contributed by atoms with Crippen LogP contribution >= 0.6 is 11.3 Å². The average Bonchev–Trinajstić information content (AvgIpc) is 3.45. The van der Waals surface area contributed by atoms with Gasteiger partial charge in [-0.05, 0) is 79.2 Å². The van der Waals surface area contributed by atoms with E-state index in [1.54, 1.807) is 6.08 Å². The van der Waals surface area contributed by atoms with Gasteiger partial charge < -0.3 is 18.9 Å². The molecule has 4 rings (SSSR count). The van der Waals surface area contributed by atoms with Crippen molar-refractivity contribution in [1.29, 1.82) is 0 Å². The summed E-state index contributed by atoms with van der Waals surface area (Å²) < 4.78 is 22.7. The highest BCUT2D eigenvalue weighted by molar-refractivity contribution is 7.12. The molecule has 0 aliphatic carbocycles. The van der Waals surface area contributed by atoms with E-state index in [0.29, 0.717) is 37.2 Å². The van der Waals surface area contributed by atoms with Gasteiger partial charge in [-0.3, -0.25) is 0 Å². The van der Waals surface area contributed by atoms with Crippen molar-refractivity contribution in [2.24, 2.45) is 4.99 Å². The maximum absolute atomic E-state index is 12.2. The molecule has 0 atom stereocenters. The Hall–Kier alpha value is -3.58. The lowest BCUT2D eigenvalue weighted by atomic mass is 10.1. The number of cyclic esters (lactones) is 1. The molecule has 0 saturated heterocycles. The summed E-state index contributed by atoms with van der Waals surface area (Å²) in [5, 5.41) is 1.91. The molecule has 1 aliphatic heterocycles. The van der Waals surface area contributed by atoms with Gasteiger partial charge in [0.15, 0.2) is 17.2 Å². The van der Waals surface area contributed by atoms with E-state index in [2.05, 4.69) is 18.8 Å². The molecular weight excluding hydrogens is 438 g/mol. The summed E-state index contributed by atoms with van der Waals surface area (Å²) in [7, 11) is 0. The van der Waals surface area contributed by atoms with Crippen LogP contribution in [0.1, 0.15) is 28.5 Å². The second-order valence-corrected chi connectivity index (χ2v) is 8.34. The topological polar surface area (TPSA) is 66.4 Å². The average molecular weight is 464 g/mol. The van der Waals surface area contributed by atoms with Gasteiger partial charge in [0.1, 0.15) is 19.0 Å². The Morgan fingerprint density at radius 1 is 0.970 bits per heavy atom. The molecule has 1 aromatic heterocycles. The molecule has 2 heterocycles. The Labute approximate surface area is 197 Å². The highest BCUT2D eigenvalue weighted by Crippen LogP contribution is 2.30. The number of hydrogen-bond donors (Lipinski definition) is 0. The molecule has 3 aromatic rings. The Morgan fingerprint density at radius 2 is 1.82 bits per heavy atom. The van der Waals surface area contributed by atoms with E-state index in [4.69, 9.17) is 18.9 Å². The molecule has 33 heavy (non-hydrogen) atoms. The van der Waals surface area contributed by atoms with Crippen LogP contribution in [-0.2, 0) is 9.53 Å². The van der Waals surface area contributed by atoms with E-state index in [-0.39, 0.29) is 5.70 Å². The van der Waals surface area contributed by atoms with Crippen LogP contribution < -0.4 is 14.2 Å². The molecule has 0 saturated carbocycles. The summed E-state index contributed by atoms with van der Waals surface area (Å²) in [5.41, 5.74) is 3.43. The number of thiophene rings is 1. The third-order valence-corrected chi connectivity index (χ3v) is 5.87. The molecule has 0 unspecified atom stereocenters. The molecule has 0 fully saturated rings. The van der Waals surface area contributed by atoms with Gasteiger partial charge in [-0.1, -0.05) is 18.2 Å². The molecule has 2 aromatic carbocycles. The smallest absolute Gasteiger partial charge is 0.363 e. The number of hydrogen-bond acceptors (Lipinski definition) is 7. The summed E-state index contributed by atoms with van der Waals surface area (Å²) in [6.45, 7) is 7.30. The van der Waals surface area contributed by atoms with Crippen LogP contribution in [0.5, 0.6) is 17.2 Å². The molecule has 0 spiro atoms. The minimum Gasteiger partial charge on any atom is -0.490 e. The van der Waals surface area contributed by atoms with Crippen molar-refractivity contribution in [1.82, 2.24) is 0 Å². The molecule has 7 heteroatoms. The highest BCUT2D eigenvalue weighted by atomic mass is 32.1. The number of ether oxygens (including phenoxy) is 4. The predicted molar refractivity (Wildman–Crippen MR) is 129 cm³/mol. The van der Waals surface area contributed by atoms with Gasteiger partial charge in [0, 0.05) is 0 Å². The van der Waals surface area contributed by atoms with Gasteiger partial charge in [-0.2, -0.15) is 0 Å². The minimum absolute atomic E-state index is 0.247. The fraction of sp³-hybridized carbons (Fsp3) is 0.231. The second kappa shape index (κ2) is 10.4. The number of carbonyl (C=O) groups excluding carboxylic acids is 1. The summed E-state index contributed by atoms with van der Waals surface area (Å²) in [6, 6.07) is 15.3. The largest absolute Gasteiger partial charge is 0.490 e. The van der Waals surface area contributed by atoms with Crippen molar-refractivity contribution in [2.45, 2.75) is 20.8 Å². The van der Waals surface area contributed by atoms with Crippen molar-refractivity contribution in [2.75, 3.05) is 19.8 Å². The van der Waals surface area contributed by atoms with E-state index >= 15 is 0 Å². The highest BCUT2D eigenvalue weighted by Gasteiger charge is 2.24. The first-order valence-electron chi connectivity index (χ1n) is 10.7. The van der Waals surface area contributed by atoms with Crippen LogP contribution in [0.2, 0.25) is 0 Å². The monoisotopic (exact) mass is 463 g/mol. The van der Waals surface area contributed by atoms with Crippen LogP contribution in [-0.4, -0.2) is 31.7 Å². The first-order valence-corrected chi connectivity index (χ1v) is 11.6. The van der Waals surface area contributed by atoms with E-state index in [9.17, 15) is 4.79 Å². The number of esters is 1. The Bertz CT molecular complexity index is 1200. The first kappa shape index (κ1) is 22.6. The maximum atomic E-state index is 12.2. The zero-order valence-electron chi connectivity index (χ0n) is 18.8. The molecule has 0 bridgehead atoms. The number of nitrogens with zero attached hydrogens (tertiary/aromatic N) is 1. The van der Waals surface area contributed by atoms with Gasteiger partial charge in [0.2, 0.25) is 5.90 Å². The fourth-order valence-corrected chi connectivity index (χ4v) is 3.84. The van der Waals surface area contributed by atoms with Gasteiger partial charge in [0.25, 0.3) is 0 Å². The predicted octanol–water partition coefficient (Wildman–Crippen LogP) is 5.57. The van der Waals surface area contributed by atoms with Gasteiger partial charge in [0.05, 0.1) is 11.5 Å². The zero-order chi connectivity index (χ0) is 23.2. The third kappa shape index (κ3) is 5.62. The van der Waals surface area contributed by atoms with Crippen LogP contribution in [0.3, 0.4) is 0 Å². The number of aryl methyl sites for hydroxylation is 2. The number of carbonyl (C=O) groups is 1. The molecule has 0 radical (unpaired) electrons. The molecule has 0 N–H and O–H groups in total. The SMILES string of the molecule is CCOc1cc(C=C2N=C(c3cccs3)OC2=O)ccc1OCCOc1ccc(C)c(C)c1. The number of rotatable bonds is 9. The summed E-state index contributed by atoms with van der Waals surface area (Å²) in [4.78, 5) is 17.4. The summed E-state index contributed by atoms with van der Waals surface area (Å²) in [6.07, 6.45) is 1.68. The molecular formula is C26H25NO5S. The normalized spacial score (nSPS) is 14.2. The zero-order valence-corrected chi connectivity index (χ0v) is 19.6. The summed E-state index contributed by atoms with van der Waals surface area (Å²) in [5.74, 6) is 1.88. The number of aliphatic imine (C=N–C) groups is 1. The molecule has 6 nitrogen and oxygen atoms in total. The molecule has 0 amide bonds. The van der Waals surface area contributed by atoms with Crippen LogP contribution in [0.25, 0.3) is 6.08 Å². The second-order valence-electron chi connectivity index (χ2n) is 7.40. The number of benzene rings is 2. The fourth-order valence-electron chi connectivity index (χ4n) is 3.19. The van der Waals surface area contributed by atoms with Gasteiger partial charge in [-0.15, -0.1) is 11.3 Å². The Morgan fingerprint density at radius 3 is 2.58 bits per heavy atom.